The Labute approximate surface area is 285 Å². The molecule has 6 heteroatoms. The number of aliphatic hydroxyl groups is 2. The van der Waals surface area contributed by atoms with Crippen LogP contribution < -0.4 is 10.6 Å². The summed E-state index contributed by atoms with van der Waals surface area (Å²) in [5.41, 5.74) is 1.91. The molecule has 0 spiro atoms. The Bertz CT molecular complexity index is 671. The average Bonchev–Trinajstić information content (AvgIpc) is 3.07. The molecular weight excluding hydrogens is 572 g/mol. The van der Waals surface area contributed by atoms with Crippen molar-refractivity contribution in [1.82, 2.24) is 0 Å². The lowest BCUT2D eigenvalue weighted by molar-refractivity contribution is 0.0416. The van der Waals surface area contributed by atoms with E-state index in [1.54, 1.807) is 0 Å². The molecule has 0 aliphatic heterocycles. The van der Waals surface area contributed by atoms with Crippen LogP contribution in [0, 0.1) is 0 Å². The highest BCUT2D eigenvalue weighted by atomic mass is 16.5. The van der Waals surface area contributed by atoms with Crippen LogP contribution in [0.4, 0.5) is 11.4 Å². The predicted octanol–water partition coefficient (Wildman–Crippen LogP) is 10.7. The molecule has 0 amide bonds. The van der Waals surface area contributed by atoms with Gasteiger partial charge < -0.3 is 30.3 Å². The minimum Gasteiger partial charge on any atom is -0.389 e. The molecule has 4 N–H and O–H groups in total. The Kier molecular flexibility index (Phi) is 31.1. The van der Waals surface area contributed by atoms with E-state index >= 15 is 0 Å². The molecule has 46 heavy (non-hydrogen) atoms. The van der Waals surface area contributed by atoms with Crippen LogP contribution in [0.3, 0.4) is 0 Å². The van der Waals surface area contributed by atoms with Gasteiger partial charge in [-0.1, -0.05) is 155 Å². The lowest BCUT2D eigenvalue weighted by Gasteiger charge is -2.15. The average molecular weight is 649 g/mol. The van der Waals surface area contributed by atoms with Crippen LogP contribution in [-0.4, -0.2) is 61.9 Å². The van der Waals surface area contributed by atoms with Crippen molar-refractivity contribution in [3.05, 3.63) is 24.3 Å². The summed E-state index contributed by atoms with van der Waals surface area (Å²) in [5, 5.41) is 27.1. The monoisotopic (exact) mass is 649 g/mol. The van der Waals surface area contributed by atoms with Crippen molar-refractivity contribution in [2.45, 2.75) is 180 Å². The van der Waals surface area contributed by atoms with Crippen molar-refractivity contribution in [2.75, 3.05) is 50.2 Å². The molecule has 6 nitrogen and oxygen atoms in total. The van der Waals surface area contributed by atoms with E-state index in [1.807, 2.05) is 24.3 Å². The van der Waals surface area contributed by atoms with E-state index in [2.05, 4.69) is 24.5 Å². The first-order chi connectivity index (χ1) is 22.7. The summed E-state index contributed by atoms with van der Waals surface area (Å²) in [6, 6.07) is 7.94. The molecule has 0 fully saturated rings. The van der Waals surface area contributed by atoms with Crippen LogP contribution in [-0.2, 0) is 9.47 Å². The molecule has 0 aliphatic carbocycles. The van der Waals surface area contributed by atoms with Gasteiger partial charge in [0.05, 0.1) is 25.4 Å². The quantitative estimate of drug-likeness (QED) is 0.0542. The highest BCUT2D eigenvalue weighted by molar-refractivity contribution is 5.53. The molecule has 1 aromatic carbocycles. The summed E-state index contributed by atoms with van der Waals surface area (Å²) >= 11 is 0. The predicted molar refractivity (Wildman–Crippen MR) is 199 cm³/mol. The number of rotatable bonds is 36. The SMILES string of the molecule is CCCCCCCCCCCCCCOCC(O)CNc1ccc(NCC(O)COCCCCCCCCCCCCCC)cc1. The summed E-state index contributed by atoms with van der Waals surface area (Å²) < 4.78 is 11.4. The highest BCUT2D eigenvalue weighted by Crippen LogP contribution is 2.15. The number of ether oxygens (including phenoxy) is 2. The van der Waals surface area contributed by atoms with Crippen LogP contribution in [0.15, 0.2) is 24.3 Å². The molecule has 270 valence electrons. The zero-order valence-electron chi connectivity index (χ0n) is 30.4. The molecule has 2 atom stereocenters. The van der Waals surface area contributed by atoms with Crippen molar-refractivity contribution >= 4 is 11.4 Å². The Morgan fingerprint density at radius 2 is 0.696 bits per heavy atom. The van der Waals surface area contributed by atoms with Crippen LogP contribution in [0.25, 0.3) is 0 Å². The fraction of sp³-hybridized carbons (Fsp3) is 0.850. The van der Waals surface area contributed by atoms with Crippen molar-refractivity contribution in [3.8, 4) is 0 Å². The normalized spacial score (nSPS) is 12.8. The van der Waals surface area contributed by atoms with Crippen LogP contribution in [0.5, 0.6) is 0 Å². The summed E-state index contributed by atoms with van der Waals surface area (Å²) in [6.07, 6.45) is 31.0. The third-order valence-corrected chi connectivity index (χ3v) is 8.87. The van der Waals surface area contributed by atoms with Crippen molar-refractivity contribution in [3.63, 3.8) is 0 Å². The van der Waals surface area contributed by atoms with Gasteiger partial charge in [0, 0.05) is 37.7 Å². The molecular formula is C40H76N2O4. The van der Waals surface area contributed by atoms with Crippen LogP contribution in [0.1, 0.15) is 168 Å². The lowest BCUT2D eigenvalue weighted by Crippen LogP contribution is -2.25. The van der Waals surface area contributed by atoms with Crippen LogP contribution >= 0.6 is 0 Å². The number of nitrogens with one attached hydrogen (secondary N) is 2. The topological polar surface area (TPSA) is 83.0 Å². The third-order valence-electron chi connectivity index (χ3n) is 8.87. The summed E-state index contributed by atoms with van der Waals surface area (Å²) in [7, 11) is 0. The van der Waals surface area contributed by atoms with Crippen LogP contribution in [0.2, 0.25) is 0 Å². The second-order valence-corrected chi connectivity index (χ2v) is 13.6. The lowest BCUT2D eigenvalue weighted by atomic mass is 10.1. The first kappa shape index (κ1) is 42.7. The molecule has 0 heterocycles. The minimum absolute atomic E-state index is 0.365. The van der Waals surface area contributed by atoms with Gasteiger partial charge in [-0.25, -0.2) is 0 Å². The van der Waals surface area contributed by atoms with E-state index in [4.69, 9.17) is 9.47 Å². The first-order valence-corrected chi connectivity index (χ1v) is 19.7. The molecule has 0 radical (unpaired) electrons. The maximum absolute atomic E-state index is 10.3. The Balaban J connectivity index is 1.91. The smallest absolute Gasteiger partial charge is 0.0945 e. The molecule has 0 aromatic heterocycles. The second kappa shape index (κ2) is 33.6. The fourth-order valence-electron chi connectivity index (χ4n) is 5.82. The maximum atomic E-state index is 10.3. The van der Waals surface area contributed by atoms with Gasteiger partial charge in [0.1, 0.15) is 0 Å². The molecule has 2 unspecified atom stereocenters. The van der Waals surface area contributed by atoms with Gasteiger partial charge in [-0.3, -0.25) is 0 Å². The summed E-state index contributed by atoms with van der Waals surface area (Å²) in [5.74, 6) is 0. The number of unbranched alkanes of at least 4 members (excludes halogenated alkanes) is 22. The third kappa shape index (κ3) is 28.8. The number of anilines is 2. The maximum Gasteiger partial charge on any atom is 0.0945 e. The van der Waals surface area contributed by atoms with Crippen molar-refractivity contribution in [1.29, 1.82) is 0 Å². The fourth-order valence-corrected chi connectivity index (χ4v) is 5.82. The van der Waals surface area contributed by atoms with Gasteiger partial charge in [0.25, 0.3) is 0 Å². The van der Waals surface area contributed by atoms with E-state index in [9.17, 15) is 10.2 Å². The Morgan fingerprint density at radius 1 is 0.435 bits per heavy atom. The second-order valence-electron chi connectivity index (χ2n) is 13.6. The van der Waals surface area contributed by atoms with Crippen molar-refractivity contribution in [2.24, 2.45) is 0 Å². The van der Waals surface area contributed by atoms with E-state index in [1.165, 1.54) is 141 Å². The first-order valence-electron chi connectivity index (χ1n) is 19.7. The number of hydrogen-bond donors (Lipinski definition) is 4. The molecule has 1 rings (SSSR count). The summed E-state index contributed by atoms with van der Waals surface area (Å²) in [6.45, 7) is 7.65. The zero-order valence-corrected chi connectivity index (χ0v) is 30.4. The number of aliphatic hydroxyl groups excluding tert-OH is 2. The summed E-state index contributed by atoms with van der Waals surface area (Å²) in [4.78, 5) is 0. The number of benzene rings is 1. The minimum atomic E-state index is -0.528. The molecule has 0 saturated heterocycles. The van der Waals surface area contributed by atoms with E-state index in [0.717, 1.165) is 37.4 Å². The van der Waals surface area contributed by atoms with Gasteiger partial charge >= 0.3 is 0 Å². The van der Waals surface area contributed by atoms with Gasteiger partial charge in [-0.15, -0.1) is 0 Å². The van der Waals surface area contributed by atoms with E-state index < -0.39 is 12.2 Å². The largest absolute Gasteiger partial charge is 0.389 e. The van der Waals surface area contributed by atoms with E-state index in [0.29, 0.717) is 26.3 Å². The van der Waals surface area contributed by atoms with Gasteiger partial charge in [0.2, 0.25) is 0 Å². The van der Waals surface area contributed by atoms with Gasteiger partial charge in [0.15, 0.2) is 0 Å². The van der Waals surface area contributed by atoms with Crippen molar-refractivity contribution < 1.29 is 19.7 Å². The highest BCUT2D eigenvalue weighted by Gasteiger charge is 2.06. The molecule has 0 bridgehead atoms. The Hall–Kier alpha value is -1.34. The Morgan fingerprint density at radius 3 is 0.978 bits per heavy atom. The van der Waals surface area contributed by atoms with E-state index in [-0.39, 0.29) is 0 Å². The van der Waals surface area contributed by atoms with Gasteiger partial charge in [-0.05, 0) is 37.1 Å². The molecule has 0 aliphatic rings. The zero-order chi connectivity index (χ0) is 33.2. The molecule has 1 aromatic rings. The van der Waals surface area contributed by atoms with Gasteiger partial charge in [-0.2, -0.15) is 0 Å². The standard InChI is InChI=1S/C40H76N2O4/c1-3-5-7-9-11-13-15-17-19-21-23-25-31-45-35-39(43)33-41-37-27-29-38(30-28-37)42-34-40(44)36-46-32-26-24-22-20-18-16-14-12-10-8-6-4-2/h27-30,39-44H,3-26,31-36H2,1-2H3. The number of hydrogen-bond acceptors (Lipinski definition) is 6. The molecule has 0 saturated carbocycles.